The maximum Gasteiger partial charge on any atom is 0.273 e. The number of fused-ring (bicyclic) bond motifs is 1. The second kappa shape index (κ2) is 9.79. The Bertz CT molecular complexity index is 785. The van der Waals surface area contributed by atoms with Gasteiger partial charge in [-0.2, -0.15) is 0 Å². The predicted molar refractivity (Wildman–Crippen MR) is 105 cm³/mol. The van der Waals surface area contributed by atoms with Crippen molar-refractivity contribution in [3.8, 4) is 0 Å². The van der Waals surface area contributed by atoms with Gasteiger partial charge in [-0.05, 0) is 45.4 Å². The summed E-state index contributed by atoms with van der Waals surface area (Å²) in [5.41, 5.74) is 3.26. The maximum absolute atomic E-state index is 12.0. The number of aromatic nitrogens is 3. The normalized spacial score (nSPS) is 11.6. The Balaban J connectivity index is 0.00000288. The molecule has 0 aliphatic carbocycles. The van der Waals surface area contributed by atoms with Gasteiger partial charge in [0.25, 0.3) is 5.56 Å². The minimum absolute atomic E-state index is 0. The number of likely N-dealkylation sites (N-methyl/N-ethyl adjacent to an activating group) is 1. The zero-order valence-electron chi connectivity index (χ0n) is 15.2. The molecule has 0 aliphatic heterocycles. The standard InChI is InChI=1S/C16H25N5O2.2ClH/c1-9(17-4)8-18-13(22)7-6-12-10(2)14-15(19-11(12)3)21(5)20-16(14)23;;/h9,17H,6-8H2,1-5H3,(H,18,22)(H,20,23);2*1H. The van der Waals surface area contributed by atoms with Crippen LogP contribution in [0.2, 0.25) is 0 Å². The van der Waals surface area contributed by atoms with Crippen molar-refractivity contribution in [2.24, 2.45) is 7.05 Å². The number of hydrogen-bond acceptors (Lipinski definition) is 4. The van der Waals surface area contributed by atoms with E-state index in [1.165, 1.54) is 0 Å². The second-order valence-electron chi connectivity index (χ2n) is 5.99. The highest BCUT2D eigenvalue weighted by Crippen LogP contribution is 2.20. The van der Waals surface area contributed by atoms with Gasteiger partial charge in [0.15, 0.2) is 5.65 Å². The van der Waals surface area contributed by atoms with Gasteiger partial charge >= 0.3 is 0 Å². The Hall–Kier alpha value is -1.57. The Morgan fingerprint density at radius 3 is 2.56 bits per heavy atom. The molecule has 2 heterocycles. The second-order valence-corrected chi connectivity index (χ2v) is 5.99. The van der Waals surface area contributed by atoms with E-state index in [2.05, 4.69) is 20.7 Å². The van der Waals surface area contributed by atoms with E-state index in [1.54, 1.807) is 11.7 Å². The summed E-state index contributed by atoms with van der Waals surface area (Å²) in [6, 6.07) is 0.239. The van der Waals surface area contributed by atoms with Crippen molar-refractivity contribution in [2.75, 3.05) is 13.6 Å². The van der Waals surface area contributed by atoms with Gasteiger partial charge in [-0.25, -0.2) is 4.98 Å². The summed E-state index contributed by atoms with van der Waals surface area (Å²) in [6.07, 6.45) is 0.963. The van der Waals surface area contributed by atoms with Crippen LogP contribution in [-0.2, 0) is 18.3 Å². The van der Waals surface area contributed by atoms with E-state index in [0.29, 0.717) is 30.4 Å². The lowest BCUT2D eigenvalue weighted by Crippen LogP contribution is -2.37. The van der Waals surface area contributed by atoms with Gasteiger partial charge < -0.3 is 10.6 Å². The summed E-state index contributed by atoms with van der Waals surface area (Å²) in [4.78, 5) is 28.5. The van der Waals surface area contributed by atoms with Crippen molar-refractivity contribution in [1.82, 2.24) is 25.4 Å². The summed E-state index contributed by atoms with van der Waals surface area (Å²) >= 11 is 0. The van der Waals surface area contributed by atoms with Crippen molar-refractivity contribution in [3.05, 3.63) is 27.2 Å². The van der Waals surface area contributed by atoms with E-state index in [1.807, 2.05) is 27.8 Å². The molecule has 9 heteroatoms. The van der Waals surface area contributed by atoms with Gasteiger partial charge in [0.2, 0.25) is 5.91 Å². The number of aromatic amines is 1. The molecule has 1 unspecified atom stereocenters. The van der Waals surface area contributed by atoms with E-state index in [4.69, 9.17) is 0 Å². The van der Waals surface area contributed by atoms with Crippen LogP contribution in [0.4, 0.5) is 0 Å². The van der Waals surface area contributed by atoms with Crippen molar-refractivity contribution >= 4 is 41.8 Å². The third-order valence-corrected chi connectivity index (χ3v) is 4.28. The first-order valence-corrected chi connectivity index (χ1v) is 7.83. The topological polar surface area (TPSA) is 91.8 Å². The smallest absolute Gasteiger partial charge is 0.273 e. The molecule has 142 valence electrons. The average Bonchev–Trinajstić information content (AvgIpc) is 2.78. The molecule has 0 fully saturated rings. The fourth-order valence-electron chi connectivity index (χ4n) is 2.71. The van der Waals surface area contributed by atoms with Crippen molar-refractivity contribution in [3.63, 3.8) is 0 Å². The molecule has 2 rings (SSSR count). The largest absolute Gasteiger partial charge is 0.355 e. The van der Waals surface area contributed by atoms with Crippen molar-refractivity contribution < 1.29 is 4.79 Å². The van der Waals surface area contributed by atoms with Crippen molar-refractivity contribution in [1.29, 1.82) is 0 Å². The van der Waals surface area contributed by atoms with Crippen LogP contribution in [-0.4, -0.2) is 40.3 Å². The summed E-state index contributed by atoms with van der Waals surface area (Å²) in [7, 11) is 3.63. The Morgan fingerprint density at radius 1 is 1.32 bits per heavy atom. The first-order valence-electron chi connectivity index (χ1n) is 7.83. The van der Waals surface area contributed by atoms with E-state index in [-0.39, 0.29) is 42.3 Å². The molecule has 7 nitrogen and oxygen atoms in total. The molecule has 0 saturated carbocycles. The molecule has 3 N–H and O–H groups in total. The Labute approximate surface area is 159 Å². The maximum atomic E-state index is 12.0. The van der Waals surface area contributed by atoms with Crippen LogP contribution < -0.4 is 16.2 Å². The van der Waals surface area contributed by atoms with Gasteiger partial charge in [-0.3, -0.25) is 19.4 Å². The van der Waals surface area contributed by atoms with Crippen LogP contribution in [0.15, 0.2) is 4.79 Å². The number of halogens is 2. The van der Waals surface area contributed by atoms with Crippen LogP contribution in [0.3, 0.4) is 0 Å². The highest BCUT2D eigenvalue weighted by Gasteiger charge is 2.16. The first kappa shape index (κ1) is 23.4. The van der Waals surface area contributed by atoms with Gasteiger partial charge in [0.05, 0.1) is 5.39 Å². The van der Waals surface area contributed by atoms with Gasteiger partial charge in [0.1, 0.15) is 0 Å². The number of carbonyl (C=O) groups excluding carboxylic acids is 1. The SMILES string of the molecule is CNC(C)CNC(=O)CCc1c(C)nc2c(c1C)c(=O)[nH]n2C.Cl.Cl. The molecule has 2 aromatic heterocycles. The number of amides is 1. The van der Waals surface area contributed by atoms with Crippen LogP contribution in [0.25, 0.3) is 11.0 Å². The van der Waals surface area contributed by atoms with Crippen LogP contribution in [0.1, 0.15) is 30.2 Å². The number of pyridine rings is 1. The summed E-state index contributed by atoms with van der Waals surface area (Å²) in [6.45, 7) is 6.44. The quantitative estimate of drug-likeness (QED) is 0.693. The highest BCUT2D eigenvalue weighted by molar-refractivity contribution is 5.85. The molecule has 1 atom stereocenters. The van der Waals surface area contributed by atoms with E-state index in [0.717, 1.165) is 16.8 Å². The Kier molecular flexibility index (Phi) is 9.18. The number of nitrogens with zero attached hydrogens (tertiary/aromatic N) is 2. The first-order chi connectivity index (χ1) is 10.8. The summed E-state index contributed by atoms with van der Waals surface area (Å²) in [5.74, 6) is 0.00738. The monoisotopic (exact) mass is 391 g/mol. The van der Waals surface area contributed by atoms with Crippen LogP contribution in [0, 0.1) is 13.8 Å². The molecule has 1 amide bonds. The van der Waals surface area contributed by atoms with E-state index < -0.39 is 0 Å². The number of H-pyrrole nitrogens is 1. The number of aryl methyl sites for hydroxylation is 3. The van der Waals surface area contributed by atoms with Gasteiger partial charge in [-0.1, -0.05) is 0 Å². The molecular formula is C16H27Cl2N5O2. The van der Waals surface area contributed by atoms with Crippen molar-refractivity contribution in [2.45, 2.75) is 39.7 Å². The fraction of sp³-hybridized carbons (Fsp3) is 0.562. The molecule has 0 aromatic carbocycles. The van der Waals surface area contributed by atoms with Crippen LogP contribution in [0.5, 0.6) is 0 Å². The number of hydrogen-bond donors (Lipinski definition) is 3. The zero-order valence-corrected chi connectivity index (χ0v) is 16.9. The molecule has 25 heavy (non-hydrogen) atoms. The van der Waals surface area contributed by atoms with E-state index in [9.17, 15) is 9.59 Å². The molecule has 2 aromatic rings. The highest BCUT2D eigenvalue weighted by atomic mass is 35.5. The third kappa shape index (κ3) is 5.20. The minimum Gasteiger partial charge on any atom is -0.355 e. The lowest BCUT2D eigenvalue weighted by molar-refractivity contribution is -0.121. The number of nitrogens with one attached hydrogen (secondary N) is 3. The molecule has 0 bridgehead atoms. The van der Waals surface area contributed by atoms with Gasteiger partial charge in [-0.15, -0.1) is 24.8 Å². The van der Waals surface area contributed by atoms with E-state index >= 15 is 0 Å². The van der Waals surface area contributed by atoms with Crippen LogP contribution >= 0.6 is 24.8 Å². The molecular weight excluding hydrogens is 365 g/mol. The lowest BCUT2D eigenvalue weighted by atomic mass is 10.0. The Morgan fingerprint density at radius 2 is 1.96 bits per heavy atom. The molecule has 0 radical (unpaired) electrons. The lowest BCUT2D eigenvalue weighted by Gasteiger charge is -2.13. The average molecular weight is 392 g/mol. The zero-order chi connectivity index (χ0) is 17.1. The summed E-state index contributed by atoms with van der Waals surface area (Å²) in [5, 5.41) is 9.31. The third-order valence-electron chi connectivity index (χ3n) is 4.28. The summed E-state index contributed by atoms with van der Waals surface area (Å²) < 4.78 is 1.63. The molecule has 0 saturated heterocycles. The number of carbonyl (C=O) groups is 1. The number of rotatable bonds is 6. The van der Waals surface area contributed by atoms with Gasteiger partial charge in [0, 0.05) is 31.7 Å². The molecule has 0 spiro atoms. The fourth-order valence-corrected chi connectivity index (χ4v) is 2.71. The minimum atomic E-state index is -0.138. The predicted octanol–water partition coefficient (Wildman–Crippen LogP) is 1.38. The molecule has 0 aliphatic rings.